The van der Waals surface area contributed by atoms with Crippen molar-refractivity contribution in [2.24, 2.45) is 5.10 Å². The third-order valence-electron chi connectivity index (χ3n) is 2.98. The third-order valence-corrected chi connectivity index (χ3v) is 3.73. The van der Waals surface area contributed by atoms with Crippen LogP contribution in [0.25, 0.3) is 17.3 Å². The van der Waals surface area contributed by atoms with Crippen molar-refractivity contribution in [2.45, 2.75) is 0 Å². The molecule has 0 unspecified atom stereocenters. The molecule has 0 aliphatic carbocycles. The second-order valence-electron chi connectivity index (χ2n) is 4.56. The van der Waals surface area contributed by atoms with E-state index >= 15 is 0 Å². The first-order chi connectivity index (χ1) is 10.9. The van der Waals surface area contributed by atoms with Gasteiger partial charge in [-0.1, -0.05) is 66.7 Å². The van der Waals surface area contributed by atoms with Gasteiger partial charge in [-0.25, -0.2) is 4.98 Å². The predicted octanol–water partition coefficient (Wildman–Crippen LogP) is 5.50. The van der Waals surface area contributed by atoms with Crippen LogP contribution in [0.15, 0.2) is 77.2 Å². The molecule has 0 bridgehead atoms. The Hall–Kier alpha value is -2.24. The number of anilines is 1. The van der Waals surface area contributed by atoms with Crippen LogP contribution in [-0.2, 0) is 0 Å². The molecule has 0 fully saturated rings. The largest absolute Gasteiger partial charge is 0.253 e. The highest BCUT2D eigenvalue weighted by atomic mass is 79.9. The summed E-state index contributed by atoms with van der Waals surface area (Å²) in [5.74, 6) is 0. The Labute approximate surface area is 150 Å². The van der Waals surface area contributed by atoms with Gasteiger partial charge in [0.2, 0.25) is 5.13 Å². The van der Waals surface area contributed by atoms with Gasteiger partial charge in [-0.05, 0) is 11.6 Å². The van der Waals surface area contributed by atoms with E-state index in [9.17, 15) is 0 Å². The Bertz CT molecular complexity index is 767. The Kier molecular flexibility index (Phi) is 6.72. The minimum absolute atomic E-state index is 0. The highest BCUT2D eigenvalue weighted by Crippen LogP contribution is 2.24. The summed E-state index contributed by atoms with van der Waals surface area (Å²) in [6.45, 7) is 0. The molecule has 1 heterocycles. The van der Waals surface area contributed by atoms with Gasteiger partial charge in [0.1, 0.15) is 0 Å². The smallest absolute Gasteiger partial charge is 0.203 e. The number of halogens is 1. The van der Waals surface area contributed by atoms with Crippen LogP contribution < -0.4 is 5.43 Å². The Balaban J connectivity index is 0.00000192. The van der Waals surface area contributed by atoms with Crippen molar-refractivity contribution >= 4 is 45.7 Å². The van der Waals surface area contributed by atoms with E-state index in [1.807, 2.05) is 78.2 Å². The fraction of sp³-hybridized carbons (Fsp3) is 0. The Morgan fingerprint density at radius 3 is 2.39 bits per heavy atom. The zero-order chi connectivity index (χ0) is 15.0. The summed E-state index contributed by atoms with van der Waals surface area (Å²) in [6.07, 6.45) is 5.62. The van der Waals surface area contributed by atoms with Gasteiger partial charge in [0, 0.05) is 17.2 Å². The van der Waals surface area contributed by atoms with Gasteiger partial charge in [-0.2, -0.15) is 5.10 Å². The number of aromatic nitrogens is 1. The van der Waals surface area contributed by atoms with Gasteiger partial charge < -0.3 is 0 Å². The summed E-state index contributed by atoms with van der Waals surface area (Å²) in [4.78, 5) is 4.51. The lowest BCUT2D eigenvalue weighted by molar-refractivity contribution is 1.29. The first kappa shape index (κ1) is 17.1. The molecule has 116 valence electrons. The fourth-order valence-corrected chi connectivity index (χ4v) is 2.59. The molecule has 0 radical (unpaired) electrons. The van der Waals surface area contributed by atoms with Crippen LogP contribution in [0.2, 0.25) is 0 Å². The van der Waals surface area contributed by atoms with E-state index in [-0.39, 0.29) is 17.0 Å². The maximum Gasteiger partial charge on any atom is 0.203 e. The molecule has 0 spiro atoms. The molecule has 0 saturated heterocycles. The summed E-state index contributed by atoms with van der Waals surface area (Å²) in [7, 11) is 0. The first-order valence-electron chi connectivity index (χ1n) is 6.93. The second kappa shape index (κ2) is 9.02. The molecule has 3 aromatic rings. The Morgan fingerprint density at radius 2 is 1.65 bits per heavy atom. The van der Waals surface area contributed by atoms with E-state index in [1.165, 1.54) is 11.3 Å². The molecule has 0 amide bonds. The van der Waals surface area contributed by atoms with Crippen molar-refractivity contribution in [3.05, 3.63) is 77.7 Å². The standard InChI is InChI=1S/C18H15N3S.BrH/c1-3-8-15(9-4-1)10-7-13-19-21-18-20-17(14-22-18)16-11-5-2-6-12-16;/h1-14H,(H,20,21);1H/b10-7+,19-13+;. The lowest BCUT2D eigenvalue weighted by atomic mass is 10.2. The average molecular weight is 386 g/mol. The first-order valence-corrected chi connectivity index (χ1v) is 7.81. The van der Waals surface area contributed by atoms with Crippen molar-refractivity contribution in [1.82, 2.24) is 4.98 Å². The minimum Gasteiger partial charge on any atom is -0.253 e. The van der Waals surface area contributed by atoms with E-state index in [1.54, 1.807) is 6.21 Å². The van der Waals surface area contributed by atoms with Crippen LogP contribution in [-0.4, -0.2) is 11.2 Å². The van der Waals surface area contributed by atoms with Crippen molar-refractivity contribution in [2.75, 3.05) is 5.43 Å². The average Bonchev–Trinajstić information content (AvgIpc) is 3.05. The van der Waals surface area contributed by atoms with E-state index in [0.29, 0.717) is 0 Å². The maximum absolute atomic E-state index is 4.51. The van der Waals surface area contributed by atoms with Crippen molar-refractivity contribution in [3.8, 4) is 11.3 Å². The number of allylic oxidation sites excluding steroid dienone is 1. The highest BCUT2D eigenvalue weighted by molar-refractivity contribution is 8.93. The molecule has 5 heteroatoms. The molecule has 3 rings (SSSR count). The topological polar surface area (TPSA) is 37.3 Å². The molecule has 0 aliphatic heterocycles. The minimum atomic E-state index is 0. The number of hydrazone groups is 1. The molecule has 1 N–H and O–H groups in total. The van der Waals surface area contributed by atoms with Crippen molar-refractivity contribution in [3.63, 3.8) is 0 Å². The van der Waals surface area contributed by atoms with Crippen LogP contribution in [0.4, 0.5) is 5.13 Å². The third kappa shape index (κ3) is 5.16. The van der Waals surface area contributed by atoms with Crippen LogP contribution in [0.3, 0.4) is 0 Å². The number of nitrogens with one attached hydrogen (secondary N) is 1. The van der Waals surface area contributed by atoms with Crippen LogP contribution >= 0.6 is 28.3 Å². The number of benzene rings is 2. The van der Waals surface area contributed by atoms with Crippen molar-refractivity contribution < 1.29 is 0 Å². The van der Waals surface area contributed by atoms with E-state index in [0.717, 1.165) is 22.0 Å². The predicted molar refractivity (Wildman–Crippen MR) is 105 cm³/mol. The number of rotatable bonds is 5. The van der Waals surface area contributed by atoms with Gasteiger partial charge >= 0.3 is 0 Å². The zero-order valence-corrected chi connectivity index (χ0v) is 14.8. The molecule has 1 aromatic heterocycles. The summed E-state index contributed by atoms with van der Waals surface area (Å²) >= 11 is 1.54. The normalized spacial score (nSPS) is 10.8. The summed E-state index contributed by atoms with van der Waals surface area (Å²) in [5, 5.41) is 6.95. The molecular weight excluding hydrogens is 370 g/mol. The lowest BCUT2D eigenvalue weighted by Gasteiger charge is -1.94. The van der Waals surface area contributed by atoms with Gasteiger partial charge in [-0.15, -0.1) is 28.3 Å². The Morgan fingerprint density at radius 1 is 0.957 bits per heavy atom. The van der Waals surface area contributed by atoms with E-state index in [4.69, 9.17) is 0 Å². The lowest BCUT2D eigenvalue weighted by Crippen LogP contribution is -1.87. The number of thiazole rings is 1. The summed E-state index contributed by atoms with van der Waals surface area (Å²) < 4.78 is 0. The maximum atomic E-state index is 4.51. The summed E-state index contributed by atoms with van der Waals surface area (Å²) in [5.41, 5.74) is 6.17. The molecule has 0 aliphatic rings. The van der Waals surface area contributed by atoms with Gasteiger partial charge in [0.25, 0.3) is 0 Å². The quantitative estimate of drug-likeness (QED) is 0.465. The fourth-order valence-electron chi connectivity index (χ4n) is 1.92. The van der Waals surface area contributed by atoms with Crippen molar-refractivity contribution in [1.29, 1.82) is 0 Å². The van der Waals surface area contributed by atoms with Gasteiger partial charge in [0.05, 0.1) is 5.69 Å². The van der Waals surface area contributed by atoms with Crippen LogP contribution in [0.1, 0.15) is 5.56 Å². The monoisotopic (exact) mass is 385 g/mol. The van der Waals surface area contributed by atoms with Crippen LogP contribution in [0, 0.1) is 0 Å². The molecule has 0 saturated carbocycles. The molecule has 2 aromatic carbocycles. The second-order valence-corrected chi connectivity index (χ2v) is 5.42. The highest BCUT2D eigenvalue weighted by Gasteiger charge is 2.02. The number of nitrogens with zero attached hydrogens (tertiary/aromatic N) is 2. The SMILES string of the molecule is Br.C(=C\c1ccccc1)/C=N/Nc1nc(-c2ccccc2)cs1. The number of hydrogen-bond donors (Lipinski definition) is 1. The molecule has 3 nitrogen and oxygen atoms in total. The van der Waals surface area contributed by atoms with Gasteiger partial charge in [0.15, 0.2) is 0 Å². The molecule has 0 atom stereocenters. The van der Waals surface area contributed by atoms with Crippen LogP contribution in [0.5, 0.6) is 0 Å². The number of hydrogen-bond acceptors (Lipinski definition) is 4. The zero-order valence-electron chi connectivity index (χ0n) is 12.3. The molecular formula is C18H16BrN3S. The van der Waals surface area contributed by atoms with E-state index < -0.39 is 0 Å². The van der Waals surface area contributed by atoms with E-state index in [2.05, 4.69) is 15.5 Å². The van der Waals surface area contributed by atoms with Gasteiger partial charge in [-0.3, -0.25) is 5.43 Å². The summed E-state index contributed by atoms with van der Waals surface area (Å²) in [6, 6.07) is 20.2. The molecule has 23 heavy (non-hydrogen) atoms.